The van der Waals surface area contributed by atoms with Crippen LogP contribution in [0.3, 0.4) is 0 Å². The lowest BCUT2D eigenvalue weighted by molar-refractivity contribution is -0.122. The Labute approximate surface area is 145 Å². The molecule has 0 radical (unpaired) electrons. The zero-order valence-electron chi connectivity index (χ0n) is 15.1. The van der Waals surface area contributed by atoms with Gasteiger partial charge in [-0.05, 0) is 43.5 Å². The van der Waals surface area contributed by atoms with E-state index in [-0.39, 0.29) is 17.2 Å². The first-order chi connectivity index (χ1) is 11.6. The van der Waals surface area contributed by atoms with Crippen molar-refractivity contribution in [1.29, 1.82) is 0 Å². The number of hydrogen-bond donors (Lipinski definition) is 2. The molecule has 0 aromatic heterocycles. The molecule has 5 heteroatoms. The Morgan fingerprint density at radius 2 is 2.00 bits per heavy atom. The van der Waals surface area contributed by atoms with Gasteiger partial charge in [0.2, 0.25) is 5.91 Å². The highest BCUT2D eigenvalue weighted by molar-refractivity contribution is 5.77. The summed E-state index contributed by atoms with van der Waals surface area (Å²) in [4.78, 5) is 12.4. The van der Waals surface area contributed by atoms with Crippen molar-refractivity contribution in [3.63, 3.8) is 0 Å². The maximum absolute atomic E-state index is 12.4. The van der Waals surface area contributed by atoms with E-state index in [9.17, 15) is 4.79 Å². The van der Waals surface area contributed by atoms with Crippen LogP contribution >= 0.6 is 0 Å². The molecule has 1 aromatic rings. The summed E-state index contributed by atoms with van der Waals surface area (Å²) in [5.74, 6) is 1.04. The molecule has 0 aliphatic carbocycles. The zero-order valence-corrected chi connectivity index (χ0v) is 15.1. The molecule has 1 aromatic carbocycles. The van der Waals surface area contributed by atoms with Crippen molar-refractivity contribution in [3.8, 4) is 5.75 Å². The summed E-state index contributed by atoms with van der Waals surface area (Å²) in [7, 11) is 3.40. The topological polar surface area (TPSA) is 59.6 Å². The number of nitrogens with one attached hydrogen (secondary N) is 2. The fourth-order valence-electron chi connectivity index (χ4n) is 3.46. The number of methoxy groups -OCH3 is 2. The molecular weight excluding hydrogens is 304 g/mol. The van der Waals surface area contributed by atoms with Gasteiger partial charge in [0.15, 0.2) is 0 Å². The highest BCUT2D eigenvalue weighted by Crippen LogP contribution is 2.30. The lowest BCUT2D eigenvalue weighted by Gasteiger charge is -2.37. The molecule has 1 amide bonds. The van der Waals surface area contributed by atoms with Gasteiger partial charge in [0.1, 0.15) is 5.75 Å². The Morgan fingerprint density at radius 1 is 1.29 bits per heavy atom. The quantitative estimate of drug-likeness (QED) is 0.766. The van der Waals surface area contributed by atoms with Gasteiger partial charge in [-0.2, -0.15) is 0 Å². The summed E-state index contributed by atoms with van der Waals surface area (Å²) in [6, 6.07) is 7.89. The van der Waals surface area contributed by atoms with Crippen molar-refractivity contribution in [2.24, 2.45) is 5.41 Å². The Morgan fingerprint density at radius 3 is 2.67 bits per heavy atom. The number of ether oxygens (including phenoxy) is 2. The first-order valence-corrected chi connectivity index (χ1v) is 8.69. The summed E-state index contributed by atoms with van der Waals surface area (Å²) < 4.78 is 10.8. The highest BCUT2D eigenvalue weighted by atomic mass is 16.5. The lowest BCUT2D eigenvalue weighted by atomic mass is 9.79. The maximum Gasteiger partial charge on any atom is 0.220 e. The van der Waals surface area contributed by atoms with Crippen molar-refractivity contribution in [2.45, 2.75) is 32.1 Å². The maximum atomic E-state index is 12.4. The summed E-state index contributed by atoms with van der Waals surface area (Å²) in [5, 5.41) is 6.50. The van der Waals surface area contributed by atoms with Gasteiger partial charge in [-0.3, -0.25) is 4.79 Å². The molecule has 1 unspecified atom stereocenters. The molecule has 1 fully saturated rings. The highest BCUT2D eigenvalue weighted by Gasteiger charge is 2.32. The fourth-order valence-corrected chi connectivity index (χ4v) is 3.46. The van der Waals surface area contributed by atoms with E-state index in [0.29, 0.717) is 19.6 Å². The van der Waals surface area contributed by atoms with Gasteiger partial charge in [-0.25, -0.2) is 0 Å². The normalized spacial score (nSPS) is 18.0. The molecule has 1 atom stereocenters. The Bertz CT molecular complexity index is 522. The van der Waals surface area contributed by atoms with E-state index in [1.807, 2.05) is 24.3 Å². The van der Waals surface area contributed by atoms with Crippen LogP contribution in [0.5, 0.6) is 5.75 Å². The van der Waals surface area contributed by atoms with Crippen molar-refractivity contribution < 1.29 is 14.3 Å². The number of benzene rings is 1. The van der Waals surface area contributed by atoms with Gasteiger partial charge < -0.3 is 20.1 Å². The van der Waals surface area contributed by atoms with Crippen LogP contribution in [0.2, 0.25) is 0 Å². The largest absolute Gasteiger partial charge is 0.496 e. The van der Waals surface area contributed by atoms with Crippen molar-refractivity contribution >= 4 is 5.91 Å². The Kier molecular flexibility index (Phi) is 7.06. The van der Waals surface area contributed by atoms with Gasteiger partial charge in [-0.15, -0.1) is 0 Å². The number of rotatable bonds is 8. The summed E-state index contributed by atoms with van der Waals surface area (Å²) in [6.45, 7) is 5.40. The number of piperidine rings is 1. The van der Waals surface area contributed by atoms with Crippen LogP contribution in [0.15, 0.2) is 24.3 Å². The molecule has 5 nitrogen and oxygen atoms in total. The number of para-hydroxylation sites is 1. The number of carbonyl (C=O) groups is 1. The SMILES string of the molecule is COCC1(CNC(=O)CC(C)c2ccccc2OC)CCNCC1. The summed E-state index contributed by atoms with van der Waals surface area (Å²) >= 11 is 0. The first kappa shape index (κ1) is 18.7. The molecule has 1 heterocycles. The molecule has 2 N–H and O–H groups in total. The van der Waals surface area contributed by atoms with Crippen LogP contribution in [0.25, 0.3) is 0 Å². The third kappa shape index (κ3) is 4.95. The van der Waals surface area contributed by atoms with E-state index in [2.05, 4.69) is 17.6 Å². The van der Waals surface area contributed by atoms with E-state index >= 15 is 0 Å². The monoisotopic (exact) mass is 334 g/mol. The van der Waals surface area contributed by atoms with Crippen LogP contribution in [0, 0.1) is 5.41 Å². The van der Waals surface area contributed by atoms with Crippen molar-refractivity contribution in [1.82, 2.24) is 10.6 Å². The lowest BCUT2D eigenvalue weighted by Crippen LogP contribution is -2.47. The van der Waals surface area contributed by atoms with Gasteiger partial charge in [0, 0.05) is 25.5 Å². The minimum atomic E-state index is 0.0589. The van der Waals surface area contributed by atoms with Gasteiger partial charge in [0.25, 0.3) is 0 Å². The summed E-state index contributed by atoms with van der Waals surface area (Å²) in [6.07, 6.45) is 2.52. The van der Waals surface area contributed by atoms with Crippen LogP contribution in [-0.4, -0.2) is 46.4 Å². The van der Waals surface area contributed by atoms with E-state index < -0.39 is 0 Å². The number of hydrogen-bond acceptors (Lipinski definition) is 4. The minimum Gasteiger partial charge on any atom is -0.496 e. The van der Waals surface area contributed by atoms with E-state index in [1.165, 1.54) is 0 Å². The third-order valence-corrected chi connectivity index (χ3v) is 4.94. The number of carbonyl (C=O) groups excluding carboxylic acids is 1. The van der Waals surface area contributed by atoms with Crippen molar-refractivity contribution in [3.05, 3.63) is 29.8 Å². The molecule has 1 saturated heterocycles. The molecule has 0 spiro atoms. The van der Waals surface area contributed by atoms with E-state index in [4.69, 9.17) is 9.47 Å². The minimum absolute atomic E-state index is 0.0589. The second-order valence-corrected chi connectivity index (χ2v) is 6.81. The average Bonchev–Trinajstić information content (AvgIpc) is 2.61. The third-order valence-electron chi connectivity index (χ3n) is 4.94. The van der Waals surface area contributed by atoms with Gasteiger partial charge >= 0.3 is 0 Å². The number of amides is 1. The molecular formula is C19H30N2O3. The standard InChI is InChI=1S/C19H30N2O3/c1-15(16-6-4-5-7-17(16)24-3)12-18(22)21-13-19(14-23-2)8-10-20-11-9-19/h4-7,15,20H,8-14H2,1-3H3,(H,21,22). The molecule has 134 valence electrons. The van der Waals surface area contributed by atoms with Crippen LogP contribution in [0.1, 0.15) is 37.7 Å². The second kappa shape index (κ2) is 9.04. The predicted octanol–water partition coefficient (Wildman–Crippen LogP) is 2.32. The van der Waals surface area contributed by atoms with Crippen molar-refractivity contribution in [2.75, 3.05) is 40.5 Å². The molecule has 1 aliphatic rings. The zero-order chi connectivity index (χ0) is 17.4. The Balaban J connectivity index is 1.90. The average molecular weight is 334 g/mol. The van der Waals surface area contributed by atoms with Gasteiger partial charge in [-0.1, -0.05) is 25.1 Å². The second-order valence-electron chi connectivity index (χ2n) is 6.81. The van der Waals surface area contributed by atoms with Crippen LogP contribution in [0.4, 0.5) is 0 Å². The smallest absolute Gasteiger partial charge is 0.220 e. The predicted molar refractivity (Wildman–Crippen MR) is 95.4 cm³/mol. The van der Waals surface area contributed by atoms with E-state index in [0.717, 1.165) is 37.2 Å². The first-order valence-electron chi connectivity index (χ1n) is 8.69. The molecule has 2 rings (SSSR count). The molecule has 0 bridgehead atoms. The molecule has 24 heavy (non-hydrogen) atoms. The van der Waals surface area contributed by atoms with Gasteiger partial charge in [0.05, 0.1) is 13.7 Å². The summed E-state index contributed by atoms with van der Waals surface area (Å²) in [5.41, 5.74) is 1.13. The van der Waals surface area contributed by atoms with Crippen LogP contribution < -0.4 is 15.4 Å². The molecule has 1 aliphatic heterocycles. The molecule has 0 saturated carbocycles. The van der Waals surface area contributed by atoms with E-state index in [1.54, 1.807) is 14.2 Å². The van der Waals surface area contributed by atoms with Crippen LogP contribution in [-0.2, 0) is 9.53 Å². The Hall–Kier alpha value is -1.59. The fraction of sp³-hybridized carbons (Fsp3) is 0.632.